The molecule has 1 aliphatic rings. The molecule has 0 radical (unpaired) electrons. The second-order valence-electron chi connectivity index (χ2n) is 6.66. The van der Waals surface area contributed by atoms with Crippen molar-refractivity contribution in [2.24, 2.45) is 5.92 Å². The monoisotopic (exact) mass is 304 g/mol. The first kappa shape index (κ1) is 17.0. The molecule has 2 N–H and O–H groups in total. The van der Waals surface area contributed by atoms with Gasteiger partial charge in [0.15, 0.2) is 0 Å². The Bertz CT molecular complexity index is 528. The van der Waals surface area contributed by atoms with Crippen molar-refractivity contribution in [3.8, 4) is 0 Å². The highest BCUT2D eigenvalue weighted by molar-refractivity contribution is 5.78. The summed E-state index contributed by atoms with van der Waals surface area (Å²) >= 11 is 0. The Morgan fingerprint density at radius 2 is 2.09 bits per heavy atom. The van der Waals surface area contributed by atoms with E-state index in [0.717, 1.165) is 25.1 Å². The molecule has 0 saturated carbocycles. The van der Waals surface area contributed by atoms with Crippen molar-refractivity contribution in [1.29, 1.82) is 0 Å². The van der Waals surface area contributed by atoms with Crippen molar-refractivity contribution in [2.75, 3.05) is 19.6 Å². The Labute approximate surface area is 133 Å². The zero-order valence-electron chi connectivity index (χ0n) is 14.1. The topological polar surface area (TPSA) is 52.6 Å². The highest BCUT2D eigenvalue weighted by Gasteiger charge is 2.27. The number of likely N-dealkylation sites (tertiary alicyclic amines) is 1. The van der Waals surface area contributed by atoms with Gasteiger partial charge in [0.2, 0.25) is 5.91 Å². The van der Waals surface area contributed by atoms with Crippen LogP contribution >= 0.6 is 0 Å². The lowest BCUT2D eigenvalue weighted by molar-refractivity contribution is -0.122. The molecule has 122 valence electrons. The molecule has 0 bridgehead atoms. The molecular weight excluding hydrogens is 276 g/mol. The molecule has 1 heterocycles. The third kappa shape index (κ3) is 4.31. The summed E-state index contributed by atoms with van der Waals surface area (Å²) in [5, 5.41) is 12.7. The molecule has 1 saturated heterocycles. The number of aliphatic hydroxyl groups is 1. The van der Waals surface area contributed by atoms with Gasteiger partial charge in [-0.3, -0.25) is 9.69 Å². The molecule has 1 aromatic carbocycles. The summed E-state index contributed by atoms with van der Waals surface area (Å²) in [6.45, 7) is 10.1. The average Bonchev–Trinajstić information content (AvgIpc) is 2.90. The highest BCUT2D eigenvalue weighted by Crippen LogP contribution is 2.20. The summed E-state index contributed by atoms with van der Waals surface area (Å²) in [6.07, 6.45) is 0.681. The second-order valence-corrected chi connectivity index (χ2v) is 6.66. The van der Waals surface area contributed by atoms with Gasteiger partial charge >= 0.3 is 0 Å². The van der Waals surface area contributed by atoms with Gasteiger partial charge in [-0.05, 0) is 63.3 Å². The first-order chi connectivity index (χ1) is 10.4. The van der Waals surface area contributed by atoms with Crippen LogP contribution < -0.4 is 5.32 Å². The minimum absolute atomic E-state index is 0.0157. The van der Waals surface area contributed by atoms with Gasteiger partial charge < -0.3 is 10.4 Å². The predicted molar refractivity (Wildman–Crippen MR) is 88.7 cm³/mol. The first-order valence-corrected chi connectivity index (χ1v) is 8.13. The number of hydrogen-bond donors (Lipinski definition) is 2. The number of aliphatic hydroxyl groups excluding tert-OH is 1. The number of hydrogen-bond acceptors (Lipinski definition) is 3. The van der Waals surface area contributed by atoms with E-state index in [2.05, 4.69) is 42.3 Å². The third-order valence-electron chi connectivity index (χ3n) is 4.77. The molecular formula is C18H28N2O2. The number of amides is 1. The van der Waals surface area contributed by atoms with Gasteiger partial charge in [-0.25, -0.2) is 0 Å². The molecule has 0 aliphatic carbocycles. The van der Waals surface area contributed by atoms with Crippen molar-refractivity contribution in [2.45, 2.75) is 46.3 Å². The van der Waals surface area contributed by atoms with E-state index in [0.29, 0.717) is 12.5 Å². The minimum Gasteiger partial charge on any atom is -0.393 e. The van der Waals surface area contributed by atoms with E-state index in [-0.39, 0.29) is 18.1 Å². The Morgan fingerprint density at radius 1 is 1.36 bits per heavy atom. The normalized spacial score (nSPS) is 21.6. The lowest BCUT2D eigenvalue weighted by Crippen LogP contribution is -2.37. The SMILES string of the molecule is Cc1ccc(C(C)NC(=O)CN2CCC(C(C)O)C2)cc1C. The molecule has 0 spiro atoms. The fourth-order valence-corrected chi connectivity index (χ4v) is 3.01. The highest BCUT2D eigenvalue weighted by atomic mass is 16.3. The van der Waals surface area contributed by atoms with E-state index in [4.69, 9.17) is 0 Å². The maximum Gasteiger partial charge on any atom is 0.234 e. The van der Waals surface area contributed by atoms with Gasteiger partial charge in [0.05, 0.1) is 18.7 Å². The minimum atomic E-state index is -0.289. The third-order valence-corrected chi connectivity index (χ3v) is 4.77. The molecule has 3 unspecified atom stereocenters. The number of nitrogens with zero attached hydrogens (tertiary/aromatic N) is 1. The molecule has 1 aromatic rings. The van der Waals surface area contributed by atoms with E-state index < -0.39 is 0 Å². The Kier molecular flexibility index (Phi) is 5.59. The smallest absolute Gasteiger partial charge is 0.234 e. The predicted octanol–water partition coefficient (Wildman–Crippen LogP) is 2.18. The van der Waals surface area contributed by atoms with Gasteiger partial charge in [0.25, 0.3) is 0 Å². The van der Waals surface area contributed by atoms with E-state index in [1.165, 1.54) is 11.1 Å². The number of aryl methyl sites for hydroxylation is 2. The first-order valence-electron chi connectivity index (χ1n) is 8.13. The van der Waals surface area contributed by atoms with Crippen molar-refractivity contribution in [3.63, 3.8) is 0 Å². The van der Waals surface area contributed by atoms with Crippen LogP contribution in [0.4, 0.5) is 0 Å². The summed E-state index contributed by atoms with van der Waals surface area (Å²) in [6, 6.07) is 6.33. The standard InChI is InChI=1S/C18H28N2O2/c1-12-5-6-16(9-13(12)2)14(3)19-18(22)11-20-8-7-17(10-20)15(4)21/h5-6,9,14-15,17,21H,7-8,10-11H2,1-4H3,(H,19,22). The maximum atomic E-state index is 12.2. The second kappa shape index (κ2) is 7.25. The van der Waals surface area contributed by atoms with Crippen LogP contribution in [0.15, 0.2) is 18.2 Å². The van der Waals surface area contributed by atoms with Crippen molar-refractivity contribution in [3.05, 3.63) is 34.9 Å². The van der Waals surface area contributed by atoms with Crippen LogP contribution in [0, 0.1) is 19.8 Å². The lowest BCUT2D eigenvalue weighted by Gasteiger charge is -2.20. The fraction of sp³-hybridized carbons (Fsp3) is 0.611. The average molecular weight is 304 g/mol. The zero-order valence-corrected chi connectivity index (χ0v) is 14.1. The number of nitrogens with one attached hydrogen (secondary N) is 1. The van der Waals surface area contributed by atoms with Gasteiger partial charge in [0.1, 0.15) is 0 Å². The van der Waals surface area contributed by atoms with Crippen molar-refractivity contribution in [1.82, 2.24) is 10.2 Å². The van der Waals surface area contributed by atoms with Gasteiger partial charge in [-0.2, -0.15) is 0 Å². The van der Waals surface area contributed by atoms with E-state index in [1.54, 1.807) is 0 Å². The largest absolute Gasteiger partial charge is 0.393 e. The van der Waals surface area contributed by atoms with Crippen LogP contribution in [0.25, 0.3) is 0 Å². The summed E-state index contributed by atoms with van der Waals surface area (Å²) in [4.78, 5) is 14.3. The van der Waals surface area contributed by atoms with Gasteiger partial charge in [-0.1, -0.05) is 18.2 Å². The number of carbonyl (C=O) groups is 1. The van der Waals surface area contributed by atoms with E-state index in [9.17, 15) is 9.90 Å². The molecule has 1 fully saturated rings. The van der Waals surface area contributed by atoms with Crippen LogP contribution in [0.5, 0.6) is 0 Å². The van der Waals surface area contributed by atoms with Gasteiger partial charge in [0, 0.05) is 6.54 Å². The summed E-state index contributed by atoms with van der Waals surface area (Å²) in [5.41, 5.74) is 3.65. The summed E-state index contributed by atoms with van der Waals surface area (Å²) in [7, 11) is 0. The molecule has 1 amide bonds. The lowest BCUT2D eigenvalue weighted by atomic mass is 10.0. The maximum absolute atomic E-state index is 12.2. The van der Waals surface area contributed by atoms with Crippen molar-refractivity contribution < 1.29 is 9.90 Å². The number of rotatable bonds is 5. The molecule has 4 heteroatoms. The summed E-state index contributed by atoms with van der Waals surface area (Å²) in [5.74, 6) is 0.349. The van der Waals surface area contributed by atoms with E-state index >= 15 is 0 Å². The van der Waals surface area contributed by atoms with Gasteiger partial charge in [-0.15, -0.1) is 0 Å². The molecule has 4 nitrogen and oxygen atoms in total. The van der Waals surface area contributed by atoms with Crippen LogP contribution in [0.3, 0.4) is 0 Å². The molecule has 2 rings (SSSR count). The molecule has 1 aliphatic heterocycles. The van der Waals surface area contributed by atoms with Crippen LogP contribution in [0.1, 0.15) is 43.0 Å². The Balaban J connectivity index is 1.85. The zero-order chi connectivity index (χ0) is 16.3. The molecule has 22 heavy (non-hydrogen) atoms. The van der Waals surface area contributed by atoms with Crippen LogP contribution in [-0.4, -0.2) is 41.7 Å². The van der Waals surface area contributed by atoms with Crippen LogP contribution in [0.2, 0.25) is 0 Å². The fourth-order valence-electron chi connectivity index (χ4n) is 3.01. The molecule has 3 atom stereocenters. The van der Waals surface area contributed by atoms with E-state index in [1.807, 2.05) is 13.8 Å². The molecule has 0 aromatic heterocycles. The van der Waals surface area contributed by atoms with Crippen molar-refractivity contribution >= 4 is 5.91 Å². The number of carbonyl (C=O) groups excluding carboxylic acids is 1. The van der Waals surface area contributed by atoms with Crippen LogP contribution in [-0.2, 0) is 4.79 Å². The number of benzene rings is 1. The Morgan fingerprint density at radius 3 is 2.68 bits per heavy atom. The summed E-state index contributed by atoms with van der Waals surface area (Å²) < 4.78 is 0. The Hall–Kier alpha value is -1.39. The quantitative estimate of drug-likeness (QED) is 0.877.